The van der Waals surface area contributed by atoms with Gasteiger partial charge >= 0.3 is 24.1 Å². The molecule has 2 N–H and O–H groups in total. The molecule has 0 aromatic heterocycles. The number of carboxylic acid groups (broad SMARTS) is 2. The van der Waals surface area contributed by atoms with Crippen molar-refractivity contribution in [1.29, 1.82) is 0 Å². The maximum Gasteiger partial charge on any atom is 0.410 e. The Kier molecular flexibility index (Phi) is 11.0. The average molecular weight is 527 g/mol. The van der Waals surface area contributed by atoms with Gasteiger partial charge in [-0.25, -0.2) is 9.59 Å². The Morgan fingerprint density at radius 2 is 1.03 bits per heavy atom. The number of ether oxygens (including phenoxy) is 2. The molecule has 38 heavy (non-hydrogen) atoms. The molecule has 2 fully saturated rings. The zero-order valence-electron chi connectivity index (χ0n) is 21.2. The number of aliphatic carboxylic acids is 2. The molecule has 2 heterocycles. The van der Waals surface area contributed by atoms with E-state index in [4.69, 9.17) is 19.7 Å². The summed E-state index contributed by atoms with van der Waals surface area (Å²) in [4.78, 5) is 48.5. The van der Waals surface area contributed by atoms with Gasteiger partial charge in [0.25, 0.3) is 0 Å². The highest BCUT2D eigenvalue weighted by molar-refractivity contribution is 5.73. The van der Waals surface area contributed by atoms with Crippen LogP contribution in [-0.4, -0.2) is 70.3 Å². The molecule has 2 saturated heterocycles. The summed E-state index contributed by atoms with van der Waals surface area (Å²) in [6.07, 6.45) is 1.79. The quantitative estimate of drug-likeness (QED) is 0.571. The van der Waals surface area contributed by atoms with E-state index in [2.05, 4.69) is 0 Å². The number of piperidine rings is 2. The number of carboxylic acids is 2. The van der Waals surface area contributed by atoms with Crippen molar-refractivity contribution in [2.24, 2.45) is 11.8 Å². The maximum absolute atomic E-state index is 11.9. The van der Waals surface area contributed by atoms with Crippen molar-refractivity contribution in [3.05, 3.63) is 71.8 Å². The molecule has 10 heteroatoms. The van der Waals surface area contributed by atoms with Gasteiger partial charge in [0, 0.05) is 26.2 Å². The molecular weight excluding hydrogens is 492 g/mol. The Hall–Kier alpha value is -4.08. The summed E-state index contributed by atoms with van der Waals surface area (Å²) < 4.78 is 10.4. The number of benzene rings is 2. The van der Waals surface area contributed by atoms with Crippen LogP contribution in [0.25, 0.3) is 0 Å². The van der Waals surface area contributed by atoms with E-state index < -0.39 is 36.0 Å². The van der Waals surface area contributed by atoms with Gasteiger partial charge in [-0.1, -0.05) is 60.7 Å². The highest BCUT2D eigenvalue weighted by Crippen LogP contribution is 2.19. The number of likely N-dealkylation sites (tertiary alicyclic amines) is 2. The Morgan fingerprint density at radius 1 is 0.658 bits per heavy atom. The first kappa shape index (κ1) is 28.5. The Morgan fingerprint density at radius 3 is 1.37 bits per heavy atom. The Labute approximate surface area is 221 Å². The lowest BCUT2D eigenvalue weighted by atomic mass is 9.99. The van der Waals surface area contributed by atoms with E-state index in [1.165, 1.54) is 9.80 Å². The van der Waals surface area contributed by atoms with E-state index in [0.717, 1.165) is 11.1 Å². The number of carbonyl (C=O) groups is 4. The van der Waals surface area contributed by atoms with Crippen LogP contribution in [0.3, 0.4) is 0 Å². The first-order valence-electron chi connectivity index (χ1n) is 12.7. The fourth-order valence-corrected chi connectivity index (χ4v) is 4.31. The second-order valence-corrected chi connectivity index (χ2v) is 9.33. The fourth-order valence-electron chi connectivity index (χ4n) is 4.31. The van der Waals surface area contributed by atoms with Gasteiger partial charge in [0.05, 0.1) is 11.8 Å². The predicted molar refractivity (Wildman–Crippen MR) is 137 cm³/mol. The summed E-state index contributed by atoms with van der Waals surface area (Å²) in [6.45, 7) is 2.04. The van der Waals surface area contributed by atoms with E-state index in [9.17, 15) is 19.2 Å². The minimum atomic E-state index is -0.847. The van der Waals surface area contributed by atoms with Gasteiger partial charge in [-0.3, -0.25) is 9.59 Å². The maximum atomic E-state index is 11.9. The number of hydrogen-bond donors (Lipinski definition) is 2. The van der Waals surface area contributed by atoms with Crippen LogP contribution >= 0.6 is 0 Å². The Balaban J connectivity index is 0.000000211. The molecule has 0 spiro atoms. The summed E-state index contributed by atoms with van der Waals surface area (Å²) in [5.41, 5.74) is 1.84. The highest BCUT2D eigenvalue weighted by Gasteiger charge is 2.29. The molecule has 204 valence electrons. The van der Waals surface area contributed by atoms with Crippen LogP contribution in [0.5, 0.6) is 0 Å². The van der Waals surface area contributed by atoms with Gasteiger partial charge < -0.3 is 29.5 Å². The van der Waals surface area contributed by atoms with Crippen molar-refractivity contribution in [3.63, 3.8) is 0 Å². The van der Waals surface area contributed by atoms with Crippen molar-refractivity contribution in [1.82, 2.24) is 9.80 Å². The molecule has 2 unspecified atom stereocenters. The molecule has 0 bridgehead atoms. The molecule has 0 saturated carbocycles. The van der Waals surface area contributed by atoms with Crippen molar-refractivity contribution >= 4 is 24.1 Å². The third kappa shape index (κ3) is 9.10. The topological polar surface area (TPSA) is 134 Å². The van der Waals surface area contributed by atoms with Crippen LogP contribution in [0.4, 0.5) is 9.59 Å². The van der Waals surface area contributed by atoms with Gasteiger partial charge in [-0.05, 0) is 36.8 Å². The van der Waals surface area contributed by atoms with E-state index >= 15 is 0 Å². The summed E-state index contributed by atoms with van der Waals surface area (Å²) in [7, 11) is 0. The van der Waals surface area contributed by atoms with E-state index in [1.807, 2.05) is 60.7 Å². The van der Waals surface area contributed by atoms with Crippen LogP contribution < -0.4 is 0 Å². The monoisotopic (exact) mass is 526 g/mol. The smallest absolute Gasteiger partial charge is 0.410 e. The van der Waals surface area contributed by atoms with Crippen molar-refractivity contribution in [3.8, 4) is 0 Å². The van der Waals surface area contributed by atoms with Crippen LogP contribution in [0.2, 0.25) is 0 Å². The summed E-state index contributed by atoms with van der Waals surface area (Å²) >= 11 is 0. The molecule has 2 amide bonds. The van der Waals surface area contributed by atoms with Gasteiger partial charge in [0.2, 0.25) is 0 Å². The van der Waals surface area contributed by atoms with E-state index in [-0.39, 0.29) is 26.3 Å². The summed E-state index contributed by atoms with van der Waals surface area (Å²) in [6, 6.07) is 18.8. The minimum Gasteiger partial charge on any atom is -0.481 e. The molecule has 2 aromatic rings. The molecule has 10 nitrogen and oxygen atoms in total. The van der Waals surface area contributed by atoms with Crippen LogP contribution in [0, 0.1) is 11.8 Å². The standard InChI is InChI=1S/2C14H17NO4/c2*16-13(17)12-7-4-8-15(9-12)14(18)19-10-11-5-2-1-3-6-11/h2*1-3,5-6,12H,4,7-10H2,(H,16,17). The molecule has 2 aliphatic rings. The first-order valence-corrected chi connectivity index (χ1v) is 12.7. The van der Waals surface area contributed by atoms with Gasteiger partial charge in [0.15, 0.2) is 0 Å². The first-order chi connectivity index (χ1) is 18.3. The van der Waals surface area contributed by atoms with Crippen molar-refractivity contribution in [2.75, 3.05) is 26.2 Å². The van der Waals surface area contributed by atoms with E-state index in [0.29, 0.717) is 38.8 Å². The Bertz CT molecular complexity index is 978. The minimum absolute atomic E-state index is 0.216. The lowest BCUT2D eigenvalue weighted by Gasteiger charge is -2.29. The molecule has 0 radical (unpaired) electrons. The zero-order chi connectivity index (χ0) is 27.3. The van der Waals surface area contributed by atoms with Crippen LogP contribution in [0.1, 0.15) is 36.8 Å². The van der Waals surface area contributed by atoms with Crippen LogP contribution in [-0.2, 0) is 32.3 Å². The van der Waals surface area contributed by atoms with Gasteiger partial charge in [0.1, 0.15) is 13.2 Å². The third-order valence-electron chi connectivity index (χ3n) is 6.47. The summed E-state index contributed by atoms with van der Waals surface area (Å²) in [5.74, 6) is -2.64. The van der Waals surface area contributed by atoms with Gasteiger partial charge in [-0.15, -0.1) is 0 Å². The lowest BCUT2D eigenvalue weighted by molar-refractivity contribution is -0.144. The van der Waals surface area contributed by atoms with Crippen LogP contribution in [0.15, 0.2) is 60.7 Å². The lowest BCUT2D eigenvalue weighted by Crippen LogP contribution is -2.42. The van der Waals surface area contributed by atoms with Crippen molar-refractivity contribution < 1.29 is 38.9 Å². The number of nitrogens with zero attached hydrogens (tertiary/aromatic N) is 2. The third-order valence-corrected chi connectivity index (χ3v) is 6.47. The molecule has 2 atom stereocenters. The molecule has 2 aliphatic heterocycles. The second kappa shape index (κ2) is 14.6. The fraction of sp³-hybridized carbons (Fsp3) is 0.429. The number of rotatable bonds is 6. The average Bonchev–Trinajstić information content (AvgIpc) is 2.96. The zero-order valence-corrected chi connectivity index (χ0v) is 21.2. The normalized spacial score (nSPS) is 18.9. The summed E-state index contributed by atoms with van der Waals surface area (Å²) in [5, 5.41) is 17.9. The molecule has 2 aromatic carbocycles. The largest absolute Gasteiger partial charge is 0.481 e. The van der Waals surface area contributed by atoms with Crippen molar-refractivity contribution in [2.45, 2.75) is 38.9 Å². The number of carbonyl (C=O) groups excluding carboxylic acids is 2. The number of amides is 2. The SMILES string of the molecule is O=C(O)C1CCCN(C(=O)OCc2ccccc2)C1.O=C(O)C1CCCN(C(=O)OCc2ccccc2)C1. The molecule has 0 aliphatic carbocycles. The number of hydrogen-bond acceptors (Lipinski definition) is 6. The van der Waals surface area contributed by atoms with E-state index in [1.54, 1.807) is 0 Å². The van der Waals surface area contributed by atoms with Gasteiger partial charge in [-0.2, -0.15) is 0 Å². The second-order valence-electron chi connectivity index (χ2n) is 9.33. The molecule has 4 rings (SSSR count). The predicted octanol–water partition coefficient (Wildman–Crippen LogP) is 4.24. The molecular formula is C28H34N2O8. The highest BCUT2D eigenvalue weighted by atomic mass is 16.6.